The number of nitrogens with one attached hydrogen (secondary N) is 1. The van der Waals surface area contributed by atoms with E-state index in [-0.39, 0.29) is 0 Å². The molecule has 0 amide bonds. The third-order valence-corrected chi connectivity index (χ3v) is 3.82. The van der Waals surface area contributed by atoms with Gasteiger partial charge in [-0.25, -0.2) is 4.98 Å². The average Bonchev–Trinajstić information content (AvgIpc) is 2.43. The Kier molecular flexibility index (Phi) is 5.37. The van der Waals surface area contributed by atoms with Crippen LogP contribution in [0.4, 0.5) is 11.5 Å². The summed E-state index contributed by atoms with van der Waals surface area (Å²) in [5.74, 6) is 0.990. The van der Waals surface area contributed by atoms with Gasteiger partial charge in [-0.1, -0.05) is 13.0 Å². The number of hydrogen-bond acceptors (Lipinski definition) is 3. The van der Waals surface area contributed by atoms with Crippen LogP contribution in [0.15, 0.2) is 34.9 Å². The Labute approximate surface area is 135 Å². The van der Waals surface area contributed by atoms with Crippen LogP contribution in [0.5, 0.6) is 0 Å². The van der Waals surface area contributed by atoms with E-state index in [1.165, 1.54) is 22.4 Å². The summed E-state index contributed by atoms with van der Waals surface area (Å²) in [6.45, 7) is 8.11. The highest BCUT2D eigenvalue weighted by atomic mass is 79.9. The maximum atomic E-state index is 4.61. The minimum absolute atomic E-state index is 0.813. The van der Waals surface area contributed by atoms with Crippen molar-refractivity contribution in [3.63, 3.8) is 0 Å². The minimum atomic E-state index is 0.813. The summed E-state index contributed by atoms with van der Waals surface area (Å²) in [5.41, 5.74) is 4.89. The molecule has 3 nitrogen and oxygen atoms in total. The van der Waals surface area contributed by atoms with Gasteiger partial charge < -0.3 is 10.2 Å². The second-order valence-electron chi connectivity index (χ2n) is 5.32. The van der Waals surface area contributed by atoms with E-state index in [4.69, 9.17) is 0 Å². The zero-order valence-electron chi connectivity index (χ0n) is 13.1. The van der Waals surface area contributed by atoms with E-state index in [9.17, 15) is 0 Å². The molecule has 4 heteroatoms. The van der Waals surface area contributed by atoms with Crippen LogP contribution in [0.3, 0.4) is 0 Å². The molecule has 0 aliphatic rings. The molecule has 1 heterocycles. The molecule has 2 aromatic rings. The van der Waals surface area contributed by atoms with Gasteiger partial charge in [-0.05, 0) is 65.6 Å². The number of aromatic nitrogens is 1. The third-order valence-electron chi connectivity index (χ3n) is 3.39. The van der Waals surface area contributed by atoms with Gasteiger partial charge in [0.25, 0.3) is 0 Å². The quantitative estimate of drug-likeness (QED) is 0.871. The van der Waals surface area contributed by atoms with Crippen LogP contribution in [0, 0.1) is 13.8 Å². The normalized spacial score (nSPS) is 10.7. The number of aryl methyl sites for hydroxylation is 2. The fourth-order valence-electron chi connectivity index (χ4n) is 2.43. The lowest BCUT2D eigenvalue weighted by Crippen LogP contribution is -2.18. The lowest BCUT2D eigenvalue weighted by atomic mass is 10.1. The van der Waals surface area contributed by atoms with Crippen molar-refractivity contribution in [2.75, 3.05) is 18.5 Å². The first kappa shape index (κ1) is 16.0. The Morgan fingerprint density at radius 2 is 1.81 bits per heavy atom. The highest BCUT2D eigenvalue weighted by Crippen LogP contribution is 2.28. The zero-order chi connectivity index (χ0) is 15.4. The van der Waals surface area contributed by atoms with Crippen molar-refractivity contribution >= 4 is 27.4 Å². The van der Waals surface area contributed by atoms with Crippen LogP contribution in [0.1, 0.15) is 23.6 Å². The van der Waals surface area contributed by atoms with Gasteiger partial charge in [0, 0.05) is 35.5 Å². The predicted octanol–water partition coefficient (Wildman–Crippen LogP) is 4.34. The number of anilines is 2. The molecule has 1 N–H and O–H groups in total. The van der Waals surface area contributed by atoms with Gasteiger partial charge in [0.1, 0.15) is 5.82 Å². The Morgan fingerprint density at radius 1 is 1.14 bits per heavy atom. The molecule has 0 bridgehead atoms. The smallest absolute Gasteiger partial charge is 0.137 e. The molecule has 0 radical (unpaired) electrons. The maximum absolute atomic E-state index is 4.61. The second kappa shape index (κ2) is 7.05. The van der Waals surface area contributed by atoms with Crippen molar-refractivity contribution < 1.29 is 0 Å². The Bertz CT molecular complexity index is 605. The molecule has 0 saturated carbocycles. The van der Waals surface area contributed by atoms with E-state index in [1.807, 2.05) is 6.20 Å². The van der Waals surface area contributed by atoms with Crippen molar-refractivity contribution in [2.24, 2.45) is 0 Å². The molecule has 0 spiro atoms. The summed E-state index contributed by atoms with van der Waals surface area (Å²) in [4.78, 5) is 6.76. The first-order valence-electron chi connectivity index (χ1n) is 7.18. The summed E-state index contributed by atoms with van der Waals surface area (Å²) in [6.07, 6.45) is 1.85. The Hall–Kier alpha value is -1.39. The summed E-state index contributed by atoms with van der Waals surface area (Å²) in [7, 11) is 2.07. The van der Waals surface area contributed by atoms with Gasteiger partial charge in [-0.2, -0.15) is 0 Å². The van der Waals surface area contributed by atoms with Gasteiger partial charge in [0.05, 0.1) is 0 Å². The summed E-state index contributed by atoms with van der Waals surface area (Å²) < 4.78 is 1.01. The lowest BCUT2D eigenvalue weighted by Gasteiger charge is -2.22. The molecule has 21 heavy (non-hydrogen) atoms. The van der Waals surface area contributed by atoms with Crippen LogP contribution in [-0.2, 0) is 6.54 Å². The monoisotopic (exact) mass is 347 g/mol. The topological polar surface area (TPSA) is 28.2 Å². The van der Waals surface area contributed by atoms with Crippen LogP contribution in [0.2, 0.25) is 0 Å². The summed E-state index contributed by atoms with van der Waals surface area (Å²) >= 11 is 3.51. The van der Waals surface area contributed by atoms with E-state index in [0.717, 1.165) is 23.4 Å². The second-order valence-corrected chi connectivity index (χ2v) is 6.24. The molecule has 0 aliphatic carbocycles. The summed E-state index contributed by atoms with van der Waals surface area (Å²) in [5, 5.41) is 3.37. The standard InChI is InChI=1S/C17H22BrN3/c1-5-19-10-14-9-15(18)11-20-17(14)21(4)16-7-12(2)6-13(3)8-16/h6-9,11,19H,5,10H2,1-4H3. The lowest BCUT2D eigenvalue weighted by molar-refractivity contribution is 0.723. The van der Waals surface area contributed by atoms with Gasteiger partial charge in [0.15, 0.2) is 0 Å². The van der Waals surface area contributed by atoms with E-state index in [0.29, 0.717) is 0 Å². The predicted molar refractivity (Wildman–Crippen MR) is 93.3 cm³/mol. The Morgan fingerprint density at radius 3 is 2.43 bits per heavy atom. The van der Waals surface area contributed by atoms with Crippen molar-refractivity contribution in [1.29, 1.82) is 0 Å². The molecule has 0 aliphatic heterocycles. The van der Waals surface area contributed by atoms with E-state index in [2.05, 4.69) is 83.2 Å². The van der Waals surface area contributed by atoms with Crippen LogP contribution in [-0.4, -0.2) is 18.6 Å². The highest BCUT2D eigenvalue weighted by Gasteiger charge is 2.12. The number of pyridine rings is 1. The number of benzene rings is 1. The van der Waals surface area contributed by atoms with Crippen LogP contribution >= 0.6 is 15.9 Å². The maximum Gasteiger partial charge on any atom is 0.137 e. The molecule has 0 saturated heterocycles. The molecule has 112 valence electrons. The van der Waals surface area contributed by atoms with Crippen molar-refractivity contribution in [2.45, 2.75) is 27.3 Å². The van der Waals surface area contributed by atoms with Crippen LogP contribution in [0.25, 0.3) is 0 Å². The first-order chi connectivity index (χ1) is 10.0. The molecule has 0 unspecified atom stereocenters. The van der Waals surface area contributed by atoms with Crippen molar-refractivity contribution in [3.8, 4) is 0 Å². The van der Waals surface area contributed by atoms with E-state index < -0.39 is 0 Å². The number of hydrogen-bond donors (Lipinski definition) is 1. The van der Waals surface area contributed by atoms with E-state index >= 15 is 0 Å². The fourth-order valence-corrected chi connectivity index (χ4v) is 2.81. The number of nitrogens with zero attached hydrogens (tertiary/aromatic N) is 2. The number of halogens is 1. The van der Waals surface area contributed by atoms with Gasteiger partial charge in [0.2, 0.25) is 0 Å². The molecular weight excluding hydrogens is 326 g/mol. The zero-order valence-corrected chi connectivity index (χ0v) is 14.7. The van der Waals surface area contributed by atoms with Crippen molar-refractivity contribution in [1.82, 2.24) is 10.3 Å². The number of rotatable bonds is 5. The Balaban J connectivity index is 2.39. The largest absolute Gasteiger partial charge is 0.329 e. The van der Waals surface area contributed by atoms with Crippen LogP contribution < -0.4 is 10.2 Å². The van der Waals surface area contributed by atoms with Gasteiger partial charge in [-0.15, -0.1) is 0 Å². The van der Waals surface area contributed by atoms with Gasteiger partial charge in [-0.3, -0.25) is 0 Å². The van der Waals surface area contributed by atoms with Crippen molar-refractivity contribution in [3.05, 3.63) is 51.6 Å². The molecule has 0 atom stereocenters. The summed E-state index contributed by atoms with van der Waals surface area (Å²) in [6, 6.07) is 8.69. The van der Waals surface area contributed by atoms with Gasteiger partial charge >= 0.3 is 0 Å². The third kappa shape index (κ3) is 4.05. The first-order valence-corrected chi connectivity index (χ1v) is 7.97. The molecule has 2 rings (SSSR count). The molecular formula is C17H22BrN3. The molecule has 1 aromatic heterocycles. The molecule has 0 fully saturated rings. The molecule has 1 aromatic carbocycles. The average molecular weight is 348 g/mol. The highest BCUT2D eigenvalue weighted by molar-refractivity contribution is 9.10. The fraction of sp³-hybridized carbons (Fsp3) is 0.353. The SMILES string of the molecule is CCNCc1cc(Br)cnc1N(C)c1cc(C)cc(C)c1. The van der Waals surface area contributed by atoms with E-state index in [1.54, 1.807) is 0 Å². The minimum Gasteiger partial charge on any atom is -0.329 e.